The van der Waals surface area contributed by atoms with Gasteiger partial charge in [0.2, 0.25) is 0 Å². The summed E-state index contributed by atoms with van der Waals surface area (Å²) in [7, 11) is 0. The summed E-state index contributed by atoms with van der Waals surface area (Å²) in [6.45, 7) is 3.61. The van der Waals surface area contributed by atoms with Crippen molar-refractivity contribution in [2.45, 2.75) is 6.10 Å². The number of benzene rings is 1. The van der Waals surface area contributed by atoms with E-state index in [1.54, 1.807) is 12.1 Å². The highest BCUT2D eigenvalue weighted by Crippen LogP contribution is 2.17. The van der Waals surface area contributed by atoms with Gasteiger partial charge in [0, 0.05) is 6.08 Å². The zero-order chi connectivity index (χ0) is 11.8. The lowest BCUT2D eigenvalue weighted by molar-refractivity contribution is -0.150. The Bertz CT molecular complexity index is 359. The molecule has 84 valence electrons. The SMILES string of the molecule is C=CC(=O)OC(COC=O)c1ccccc1. The number of esters is 1. The summed E-state index contributed by atoms with van der Waals surface area (Å²) in [5, 5.41) is 0. The minimum absolute atomic E-state index is 0.00685. The fourth-order valence-corrected chi connectivity index (χ4v) is 1.18. The first-order valence-corrected chi connectivity index (χ1v) is 4.71. The first-order valence-electron chi connectivity index (χ1n) is 4.71. The summed E-state index contributed by atoms with van der Waals surface area (Å²) in [4.78, 5) is 21.2. The molecule has 0 aromatic heterocycles. The third kappa shape index (κ3) is 3.57. The van der Waals surface area contributed by atoms with Gasteiger partial charge < -0.3 is 9.47 Å². The predicted molar refractivity (Wildman–Crippen MR) is 57.5 cm³/mol. The lowest BCUT2D eigenvalue weighted by Crippen LogP contribution is -2.14. The maximum atomic E-state index is 11.1. The number of carbonyl (C=O) groups excluding carboxylic acids is 2. The van der Waals surface area contributed by atoms with Crippen LogP contribution in [0.2, 0.25) is 0 Å². The molecule has 4 heteroatoms. The molecule has 0 amide bonds. The topological polar surface area (TPSA) is 52.6 Å². The van der Waals surface area contributed by atoms with Gasteiger partial charge in [-0.05, 0) is 5.56 Å². The van der Waals surface area contributed by atoms with Crippen molar-refractivity contribution in [2.24, 2.45) is 0 Å². The van der Waals surface area contributed by atoms with Gasteiger partial charge >= 0.3 is 5.97 Å². The Hall–Kier alpha value is -2.10. The number of hydrogen-bond donors (Lipinski definition) is 0. The van der Waals surface area contributed by atoms with E-state index in [1.165, 1.54) is 0 Å². The second-order valence-electron chi connectivity index (χ2n) is 2.97. The summed E-state index contributed by atoms with van der Waals surface area (Å²) < 4.78 is 9.65. The van der Waals surface area contributed by atoms with E-state index in [1.807, 2.05) is 18.2 Å². The molecule has 0 saturated carbocycles. The minimum Gasteiger partial charge on any atom is -0.464 e. The van der Waals surface area contributed by atoms with Crippen LogP contribution in [0.15, 0.2) is 43.0 Å². The van der Waals surface area contributed by atoms with Crippen LogP contribution in [0.4, 0.5) is 0 Å². The Labute approximate surface area is 93.5 Å². The van der Waals surface area contributed by atoms with Crippen LogP contribution < -0.4 is 0 Å². The van der Waals surface area contributed by atoms with Gasteiger partial charge in [-0.25, -0.2) is 4.79 Å². The summed E-state index contributed by atoms with van der Waals surface area (Å²) in [6.07, 6.45) is 0.466. The molecule has 0 aliphatic rings. The smallest absolute Gasteiger partial charge is 0.330 e. The van der Waals surface area contributed by atoms with E-state index in [9.17, 15) is 9.59 Å². The van der Waals surface area contributed by atoms with Gasteiger partial charge in [0.25, 0.3) is 6.47 Å². The predicted octanol–water partition coefficient (Wildman–Crippen LogP) is 1.63. The fourth-order valence-electron chi connectivity index (χ4n) is 1.18. The van der Waals surface area contributed by atoms with Gasteiger partial charge in [-0.15, -0.1) is 0 Å². The molecular formula is C12H12O4. The Morgan fingerprint density at radius 2 is 2.06 bits per heavy atom. The van der Waals surface area contributed by atoms with E-state index in [4.69, 9.17) is 4.74 Å². The van der Waals surface area contributed by atoms with E-state index in [-0.39, 0.29) is 6.61 Å². The van der Waals surface area contributed by atoms with Gasteiger partial charge in [-0.2, -0.15) is 0 Å². The lowest BCUT2D eigenvalue weighted by atomic mass is 10.1. The molecule has 1 rings (SSSR count). The Morgan fingerprint density at radius 3 is 2.62 bits per heavy atom. The Balaban J connectivity index is 2.74. The average molecular weight is 220 g/mol. The third-order valence-corrected chi connectivity index (χ3v) is 1.91. The molecule has 0 bridgehead atoms. The number of hydrogen-bond acceptors (Lipinski definition) is 4. The normalized spacial score (nSPS) is 11.2. The van der Waals surface area contributed by atoms with Crippen molar-refractivity contribution in [3.05, 3.63) is 48.6 Å². The minimum atomic E-state index is -0.600. The highest BCUT2D eigenvalue weighted by atomic mass is 16.6. The van der Waals surface area contributed by atoms with Crippen LogP contribution in [0.5, 0.6) is 0 Å². The average Bonchev–Trinajstić information content (AvgIpc) is 2.35. The van der Waals surface area contributed by atoms with E-state index in [0.717, 1.165) is 11.6 Å². The van der Waals surface area contributed by atoms with Crippen LogP contribution in [0, 0.1) is 0 Å². The molecular weight excluding hydrogens is 208 g/mol. The molecule has 1 aromatic rings. The van der Waals surface area contributed by atoms with E-state index in [0.29, 0.717) is 6.47 Å². The van der Waals surface area contributed by atoms with Crippen LogP contribution in [0.3, 0.4) is 0 Å². The zero-order valence-corrected chi connectivity index (χ0v) is 8.67. The maximum Gasteiger partial charge on any atom is 0.330 e. The summed E-state index contributed by atoms with van der Waals surface area (Å²) in [6, 6.07) is 9.04. The third-order valence-electron chi connectivity index (χ3n) is 1.91. The van der Waals surface area contributed by atoms with E-state index in [2.05, 4.69) is 11.3 Å². The van der Waals surface area contributed by atoms with Crippen molar-refractivity contribution in [3.63, 3.8) is 0 Å². The second-order valence-corrected chi connectivity index (χ2v) is 2.97. The van der Waals surface area contributed by atoms with Crippen molar-refractivity contribution in [2.75, 3.05) is 6.61 Å². The van der Waals surface area contributed by atoms with Crippen LogP contribution in [-0.2, 0) is 19.1 Å². The molecule has 0 fully saturated rings. The monoisotopic (exact) mass is 220 g/mol. The van der Waals surface area contributed by atoms with Gasteiger partial charge in [-0.3, -0.25) is 4.79 Å². The molecule has 4 nitrogen and oxygen atoms in total. The zero-order valence-electron chi connectivity index (χ0n) is 8.67. The quantitative estimate of drug-likeness (QED) is 0.415. The first kappa shape index (κ1) is 12.0. The van der Waals surface area contributed by atoms with Gasteiger partial charge in [0.1, 0.15) is 6.61 Å². The first-order chi connectivity index (χ1) is 7.77. The molecule has 1 aromatic carbocycles. The second kappa shape index (κ2) is 6.40. The molecule has 0 aliphatic carbocycles. The molecule has 0 saturated heterocycles. The summed E-state index contributed by atoms with van der Waals surface area (Å²) in [5.74, 6) is -0.552. The maximum absolute atomic E-state index is 11.1. The molecule has 0 spiro atoms. The van der Waals surface area contributed by atoms with Crippen LogP contribution in [0.1, 0.15) is 11.7 Å². The van der Waals surface area contributed by atoms with Crippen LogP contribution in [-0.4, -0.2) is 19.0 Å². The van der Waals surface area contributed by atoms with Crippen molar-refractivity contribution < 1.29 is 19.1 Å². The highest BCUT2D eigenvalue weighted by Gasteiger charge is 2.15. The molecule has 1 atom stereocenters. The molecule has 0 N–H and O–H groups in total. The van der Waals surface area contributed by atoms with Crippen molar-refractivity contribution in [3.8, 4) is 0 Å². The fraction of sp³-hybridized carbons (Fsp3) is 0.167. The van der Waals surface area contributed by atoms with Gasteiger partial charge in [0.15, 0.2) is 6.10 Å². The Morgan fingerprint density at radius 1 is 1.38 bits per heavy atom. The molecule has 0 radical (unpaired) electrons. The number of ether oxygens (including phenoxy) is 2. The highest BCUT2D eigenvalue weighted by molar-refractivity contribution is 5.81. The van der Waals surface area contributed by atoms with Crippen LogP contribution in [0.25, 0.3) is 0 Å². The lowest BCUT2D eigenvalue weighted by Gasteiger charge is -2.15. The van der Waals surface area contributed by atoms with Crippen molar-refractivity contribution >= 4 is 12.4 Å². The Kier molecular flexibility index (Phi) is 4.79. The number of rotatable bonds is 6. The van der Waals surface area contributed by atoms with Gasteiger partial charge in [0.05, 0.1) is 0 Å². The molecule has 0 heterocycles. The van der Waals surface area contributed by atoms with Crippen LogP contribution >= 0.6 is 0 Å². The summed E-state index contributed by atoms with van der Waals surface area (Å²) in [5.41, 5.74) is 0.763. The standard InChI is InChI=1S/C12H12O4/c1-2-12(14)16-11(8-15-9-13)10-6-4-3-5-7-10/h2-7,9,11H,1,8H2. The van der Waals surface area contributed by atoms with Gasteiger partial charge in [-0.1, -0.05) is 36.9 Å². The molecule has 1 unspecified atom stereocenters. The van der Waals surface area contributed by atoms with Crippen molar-refractivity contribution in [1.29, 1.82) is 0 Å². The summed E-state index contributed by atoms with van der Waals surface area (Å²) >= 11 is 0. The van der Waals surface area contributed by atoms with E-state index < -0.39 is 12.1 Å². The van der Waals surface area contributed by atoms with E-state index >= 15 is 0 Å². The molecule has 16 heavy (non-hydrogen) atoms. The largest absolute Gasteiger partial charge is 0.464 e. The number of carbonyl (C=O) groups is 2. The molecule has 0 aliphatic heterocycles. The van der Waals surface area contributed by atoms with Crippen molar-refractivity contribution in [1.82, 2.24) is 0 Å².